The van der Waals surface area contributed by atoms with E-state index in [1.165, 1.54) is 0 Å². The van der Waals surface area contributed by atoms with Gasteiger partial charge in [-0.2, -0.15) is 0 Å². The summed E-state index contributed by atoms with van der Waals surface area (Å²) in [4.78, 5) is 11.8. The molecular formula is C14H17BrF2N2O2. The number of piperidine rings is 1. The third-order valence-corrected chi connectivity index (χ3v) is 3.72. The van der Waals surface area contributed by atoms with Crippen LogP contribution >= 0.6 is 15.9 Å². The smallest absolute Gasteiger partial charge is 0.257 e. The van der Waals surface area contributed by atoms with E-state index in [0.29, 0.717) is 6.61 Å². The van der Waals surface area contributed by atoms with E-state index in [-0.39, 0.29) is 17.1 Å². The van der Waals surface area contributed by atoms with Crippen LogP contribution in [0.4, 0.5) is 8.78 Å². The summed E-state index contributed by atoms with van der Waals surface area (Å²) in [5.74, 6) is -2.55. The SMILES string of the molecule is O=C(NCCOC1CCNCC1)c1c(F)cc(Br)cc1F. The van der Waals surface area contributed by atoms with Crippen molar-refractivity contribution in [1.82, 2.24) is 10.6 Å². The maximum Gasteiger partial charge on any atom is 0.257 e. The monoisotopic (exact) mass is 362 g/mol. The first-order valence-electron chi connectivity index (χ1n) is 6.83. The van der Waals surface area contributed by atoms with Crippen LogP contribution in [0.15, 0.2) is 16.6 Å². The second-order valence-corrected chi connectivity index (χ2v) is 5.74. The Labute approximate surface area is 130 Å². The Morgan fingerprint density at radius 1 is 1.33 bits per heavy atom. The van der Waals surface area contributed by atoms with Gasteiger partial charge in [0.2, 0.25) is 0 Å². The number of rotatable bonds is 5. The highest BCUT2D eigenvalue weighted by atomic mass is 79.9. The van der Waals surface area contributed by atoms with Gasteiger partial charge in [0, 0.05) is 11.0 Å². The van der Waals surface area contributed by atoms with Crippen molar-refractivity contribution >= 4 is 21.8 Å². The Bertz CT molecular complexity index is 485. The van der Waals surface area contributed by atoms with E-state index in [1.54, 1.807) is 0 Å². The third kappa shape index (κ3) is 4.72. The van der Waals surface area contributed by atoms with Crippen molar-refractivity contribution in [1.29, 1.82) is 0 Å². The van der Waals surface area contributed by atoms with Crippen LogP contribution in [0.1, 0.15) is 23.2 Å². The zero-order valence-corrected chi connectivity index (χ0v) is 13.0. The van der Waals surface area contributed by atoms with E-state index >= 15 is 0 Å². The Kier molecular flexibility index (Phi) is 6.08. The van der Waals surface area contributed by atoms with Gasteiger partial charge in [-0.15, -0.1) is 0 Å². The van der Waals surface area contributed by atoms with Gasteiger partial charge in [-0.1, -0.05) is 15.9 Å². The number of amides is 1. The largest absolute Gasteiger partial charge is 0.376 e. The van der Waals surface area contributed by atoms with Crippen LogP contribution in [0.3, 0.4) is 0 Å². The molecule has 1 aliphatic heterocycles. The van der Waals surface area contributed by atoms with Gasteiger partial charge in [0.05, 0.1) is 12.7 Å². The third-order valence-electron chi connectivity index (χ3n) is 3.26. The molecule has 2 rings (SSSR count). The molecule has 0 aromatic heterocycles. The zero-order chi connectivity index (χ0) is 15.2. The molecule has 0 spiro atoms. The highest BCUT2D eigenvalue weighted by Gasteiger charge is 2.18. The van der Waals surface area contributed by atoms with Gasteiger partial charge in [0.25, 0.3) is 5.91 Å². The maximum absolute atomic E-state index is 13.6. The van der Waals surface area contributed by atoms with Crippen LogP contribution < -0.4 is 10.6 Å². The maximum atomic E-state index is 13.6. The Balaban J connectivity index is 1.79. The van der Waals surface area contributed by atoms with Crippen LogP contribution in [0.2, 0.25) is 0 Å². The number of benzene rings is 1. The molecule has 21 heavy (non-hydrogen) atoms. The number of ether oxygens (including phenoxy) is 1. The standard InChI is InChI=1S/C14H17BrF2N2O2/c15-9-7-11(16)13(12(17)8-9)14(20)19-5-6-21-10-1-3-18-4-2-10/h7-8,10,18H,1-6H2,(H,19,20). The van der Waals surface area contributed by atoms with Gasteiger partial charge in [-0.25, -0.2) is 8.78 Å². The number of hydrogen-bond acceptors (Lipinski definition) is 3. The minimum Gasteiger partial charge on any atom is -0.376 e. The van der Waals surface area contributed by atoms with E-state index < -0.39 is 23.1 Å². The second-order valence-electron chi connectivity index (χ2n) is 4.82. The fourth-order valence-corrected chi connectivity index (χ4v) is 2.60. The normalized spacial score (nSPS) is 16.0. The first-order valence-corrected chi connectivity index (χ1v) is 7.62. The van der Waals surface area contributed by atoms with Crippen LogP contribution in [0.25, 0.3) is 0 Å². The van der Waals surface area contributed by atoms with Gasteiger partial charge in [-0.05, 0) is 38.1 Å². The number of carbonyl (C=O) groups is 1. The van der Waals surface area contributed by atoms with Gasteiger partial charge in [-0.3, -0.25) is 4.79 Å². The number of hydrogen-bond donors (Lipinski definition) is 2. The van der Waals surface area contributed by atoms with E-state index in [0.717, 1.165) is 38.1 Å². The summed E-state index contributed by atoms with van der Waals surface area (Å²) in [6, 6.07) is 2.12. The molecule has 1 fully saturated rings. The van der Waals surface area contributed by atoms with Crippen molar-refractivity contribution in [2.45, 2.75) is 18.9 Å². The van der Waals surface area contributed by atoms with Gasteiger partial charge in [0.15, 0.2) is 0 Å². The topological polar surface area (TPSA) is 50.4 Å². The average Bonchev–Trinajstić information content (AvgIpc) is 2.43. The molecule has 116 valence electrons. The van der Waals surface area contributed by atoms with Crippen LogP contribution in [0, 0.1) is 11.6 Å². The molecule has 4 nitrogen and oxygen atoms in total. The minimum absolute atomic E-state index is 0.185. The highest BCUT2D eigenvalue weighted by molar-refractivity contribution is 9.10. The summed E-state index contributed by atoms with van der Waals surface area (Å²) in [6.07, 6.45) is 2.05. The summed E-state index contributed by atoms with van der Waals surface area (Å²) in [5, 5.41) is 5.69. The summed E-state index contributed by atoms with van der Waals surface area (Å²) < 4.78 is 33.0. The molecule has 7 heteroatoms. The number of nitrogens with one attached hydrogen (secondary N) is 2. The lowest BCUT2D eigenvalue weighted by Crippen LogP contribution is -2.35. The molecular weight excluding hydrogens is 346 g/mol. The zero-order valence-electron chi connectivity index (χ0n) is 11.4. The van der Waals surface area contributed by atoms with Crippen molar-refractivity contribution in [3.8, 4) is 0 Å². The highest BCUT2D eigenvalue weighted by Crippen LogP contribution is 2.19. The van der Waals surface area contributed by atoms with Crippen LogP contribution in [-0.4, -0.2) is 38.3 Å². The second kappa shape index (κ2) is 7.82. The van der Waals surface area contributed by atoms with E-state index in [4.69, 9.17) is 4.74 Å². The molecule has 1 heterocycles. The molecule has 1 saturated heterocycles. The molecule has 0 unspecified atom stereocenters. The Hall–Kier alpha value is -1.05. The Morgan fingerprint density at radius 2 is 1.95 bits per heavy atom. The van der Waals surface area contributed by atoms with Crippen molar-refractivity contribution in [2.24, 2.45) is 0 Å². The van der Waals surface area contributed by atoms with Gasteiger partial charge >= 0.3 is 0 Å². The van der Waals surface area contributed by atoms with Crippen molar-refractivity contribution in [2.75, 3.05) is 26.2 Å². The van der Waals surface area contributed by atoms with Crippen LogP contribution in [-0.2, 0) is 4.74 Å². The average molecular weight is 363 g/mol. The summed E-state index contributed by atoms with van der Waals surface area (Å²) in [5.41, 5.74) is -0.569. The number of halogens is 3. The fraction of sp³-hybridized carbons (Fsp3) is 0.500. The van der Waals surface area contributed by atoms with Gasteiger partial charge in [0.1, 0.15) is 17.2 Å². The summed E-state index contributed by atoms with van der Waals surface area (Å²) >= 11 is 2.97. The fourth-order valence-electron chi connectivity index (χ4n) is 2.20. The lowest BCUT2D eigenvalue weighted by Gasteiger charge is -2.22. The number of carbonyl (C=O) groups excluding carboxylic acids is 1. The first-order chi connectivity index (χ1) is 10.1. The first kappa shape index (κ1) is 16.3. The summed E-state index contributed by atoms with van der Waals surface area (Å²) in [7, 11) is 0. The predicted octanol–water partition coefficient (Wildman–Crippen LogP) is 2.23. The quantitative estimate of drug-likeness (QED) is 0.789. The van der Waals surface area contributed by atoms with Gasteiger partial charge < -0.3 is 15.4 Å². The summed E-state index contributed by atoms with van der Waals surface area (Å²) in [6.45, 7) is 2.40. The molecule has 1 aromatic carbocycles. The van der Waals surface area contributed by atoms with E-state index in [2.05, 4.69) is 26.6 Å². The molecule has 2 N–H and O–H groups in total. The lowest BCUT2D eigenvalue weighted by atomic mass is 10.1. The molecule has 1 aliphatic rings. The molecule has 1 aromatic rings. The Morgan fingerprint density at radius 3 is 2.57 bits per heavy atom. The van der Waals surface area contributed by atoms with E-state index in [9.17, 15) is 13.6 Å². The predicted molar refractivity (Wildman–Crippen MR) is 78.2 cm³/mol. The molecule has 0 radical (unpaired) electrons. The minimum atomic E-state index is -0.890. The van der Waals surface area contributed by atoms with E-state index in [1.807, 2.05) is 0 Å². The molecule has 0 atom stereocenters. The van der Waals surface area contributed by atoms with Crippen molar-refractivity contribution < 1.29 is 18.3 Å². The molecule has 0 saturated carbocycles. The van der Waals surface area contributed by atoms with Crippen molar-refractivity contribution in [3.05, 3.63) is 33.8 Å². The molecule has 0 bridgehead atoms. The van der Waals surface area contributed by atoms with Crippen molar-refractivity contribution in [3.63, 3.8) is 0 Å². The molecule has 0 aliphatic carbocycles. The lowest BCUT2D eigenvalue weighted by molar-refractivity contribution is 0.0343. The van der Waals surface area contributed by atoms with Crippen LogP contribution in [0.5, 0.6) is 0 Å². The molecule has 1 amide bonds.